The van der Waals surface area contributed by atoms with Crippen molar-refractivity contribution in [3.05, 3.63) is 46.7 Å². The van der Waals surface area contributed by atoms with Gasteiger partial charge in [0.25, 0.3) is 0 Å². The molecule has 1 fully saturated rings. The van der Waals surface area contributed by atoms with Crippen molar-refractivity contribution in [2.45, 2.75) is 26.8 Å². The molecule has 0 bridgehead atoms. The number of carbonyl (C=O) groups is 3. The lowest BCUT2D eigenvalue weighted by Gasteiger charge is -2.24. The third-order valence-corrected chi connectivity index (χ3v) is 5.87. The van der Waals surface area contributed by atoms with Crippen molar-refractivity contribution in [3.63, 3.8) is 0 Å². The zero-order valence-electron chi connectivity index (χ0n) is 17.3. The van der Waals surface area contributed by atoms with Gasteiger partial charge in [0.15, 0.2) is 0 Å². The molecule has 0 unspecified atom stereocenters. The number of nitrogens with zero attached hydrogens (tertiary/aromatic N) is 2. The van der Waals surface area contributed by atoms with E-state index in [0.29, 0.717) is 31.1 Å². The number of ether oxygens (including phenoxy) is 1. The van der Waals surface area contributed by atoms with Gasteiger partial charge in [-0.2, -0.15) is 0 Å². The molecular formula is C22H27N3O4S. The largest absolute Gasteiger partial charge is 0.492 e. The number of para-hydroxylation sites is 2. The molecule has 1 saturated heterocycles. The van der Waals surface area contributed by atoms with Crippen LogP contribution in [0.2, 0.25) is 0 Å². The quantitative estimate of drug-likeness (QED) is 0.665. The molecule has 160 valence electrons. The highest BCUT2D eigenvalue weighted by Crippen LogP contribution is 2.33. The van der Waals surface area contributed by atoms with E-state index in [9.17, 15) is 14.4 Å². The zero-order valence-corrected chi connectivity index (χ0v) is 18.1. The van der Waals surface area contributed by atoms with Gasteiger partial charge in [0, 0.05) is 24.4 Å². The number of nitrogens with one attached hydrogen (secondary N) is 1. The predicted octanol–water partition coefficient (Wildman–Crippen LogP) is 2.66. The average Bonchev–Trinajstić information content (AvgIpc) is 3.40. The Balaban J connectivity index is 1.61. The van der Waals surface area contributed by atoms with Crippen LogP contribution in [0, 0.1) is 5.92 Å². The summed E-state index contributed by atoms with van der Waals surface area (Å²) in [6.45, 7) is 5.35. The molecule has 0 saturated carbocycles. The van der Waals surface area contributed by atoms with Gasteiger partial charge in [-0.3, -0.25) is 14.4 Å². The summed E-state index contributed by atoms with van der Waals surface area (Å²) in [4.78, 5) is 42.1. The van der Waals surface area contributed by atoms with Crippen LogP contribution in [0.25, 0.3) is 0 Å². The Morgan fingerprint density at radius 2 is 2.03 bits per heavy atom. The van der Waals surface area contributed by atoms with Crippen molar-refractivity contribution in [1.29, 1.82) is 0 Å². The average molecular weight is 430 g/mol. The minimum absolute atomic E-state index is 0.0130. The van der Waals surface area contributed by atoms with E-state index in [4.69, 9.17) is 4.74 Å². The molecule has 8 heteroatoms. The van der Waals surface area contributed by atoms with E-state index >= 15 is 0 Å². The maximum atomic E-state index is 13.0. The van der Waals surface area contributed by atoms with Gasteiger partial charge in [-0.15, -0.1) is 11.3 Å². The molecule has 3 rings (SSSR count). The molecule has 1 aliphatic heterocycles. The molecule has 0 radical (unpaired) electrons. The first-order valence-electron chi connectivity index (χ1n) is 10.1. The monoisotopic (exact) mass is 429 g/mol. The fraction of sp³-hybridized carbons (Fsp3) is 0.409. The van der Waals surface area contributed by atoms with Crippen LogP contribution in [-0.2, 0) is 20.9 Å². The molecule has 1 aromatic heterocycles. The van der Waals surface area contributed by atoms with E-state index < -0.39 is 5.92 Å². The van der Waals surface area contributed by atoms with Crippen molar-refractivity contribution in [1.82, 2.24) is 10.2 Å². The molecule has 1 N–H and O–H groups in total. The van der Waals surface area contributed by atoms with Crippen LogP contribution in [0.5, 0.6) is 5.75 Å². The molecular weight excluding hydrogens is 402 g/mol. The van der Waals surface area contributed by atoms with Gasteiger partial charge in [-0.1, -0.05) is 18.2 Å². The van der Waals surface area contributed by atoms with Gasteiger partial charge in [0.2, 0.25) is 17.7 Å². The summed E-state index contributed by atoms with van der Waals surface area (Å²) in [5.74, 6) is -0.340. The first-order valence-corrected chi connectivity index (χ1v) is 11.0. The fourth-order valence-corrected chi connectivity index (χ4v) is 4.14. The summed E-state index contributed by atoms with van der Waals surface area (Å²) in [7, 11) is 0. The van der Waals surface area contributed by atoms with Crippen LogP contribution in [0.4, 0.5) is 5.69 Å². The van der Waals surface area contributed by atoms with Gasteiger partial charge >= 0.3 is 0 Å². The summed E-state index contributed by atoms with van der Waals surface area (Å²) in [6, 6.07) is 11.2. The SMILES string of the molecule is CCOc1ccccc1N1C[C@@H](C(=O)N(CC)CC(=O)NCc2cccs2)CC1=O. The van der Waals surface area contributed by atoms with Crippen LogP contribution < -0.4 is 15.0 Å². The molecule has 3 amide bonds. The van der Waals surface area contributed by atoms with Crippen LogP contribution in [0.3, 0.4) is 0 Å². The molecule has 1 aliphatic rings. The Hall–Kier alpha value is -2.87. The number of anilines is 1. The first-order chi connectivity index (χ1) is 14.5. The smallest absolute Gasteiger partial charge is 0.239 e. The number of thiophene rings is 1. The van der Waals surface area contributed by atoms with Crippen LogP contribution in [0.1, 0.15) is 25.1 Å². The molecule has 0 spiro atoms. The van der Waals surface area contributed by atoms with E-state index in [1.807, 2.05) is 55.6 Å². The van der Waals surface area contributed by atoms with E-state index in [1.165, 1.54) is 4.90 Å². The predicted molar refractivity (Wildman–Crippen MR) is 116 cm³/mol. The fourth-order valence-electron chi connectivity index (χ4n) is 3.50. The molecule has 30 heavy (non-hydrogen) atoms. The summed E-state index contributed by atoms with van der Waals surface area (Å²) < 4.78 is 5.63. The van der Waals surface area contributed by atoms with Gasteiger partial charge in [0.1, 0.15) is 5.75 Å². The van der Waals surface area contributed by atoms with E-state index in [0.717, 1.165) is 4.88 Å². The first kappa shape index (κ1) is 21.8. The normalized spacial score (nSPS) is 15.9. The summed E-state index contributed by atoms with van der Waals surface area (Å²) >= 11 is 1.57. The van der Waals surface area contributed by atoms with Crippen molar-refractivity contribution in [2.75, 3.05) is 31.1 Å². The molecule has 2 aromatic rings. The van der Waals surface area contributed by atoms with Crippen molar-refractivity contribution < 1.29 is 19.1 Å². The van der Waals surface area contributed by atoms with Crippen molar-refractivity contribution >= 4 is 34.7 Å². The standard InChI is InChI=1S/C22H27N3O4S/c1-3-24(15-20(26)23-13-17-8-7-11-30-17)22(28)16-12-21(27)25(14-16)18-9-5-6-10-19(18)29-4-2/h5-11,16H,3-4,12-15H2,1-2H3,(H,23,26)/t16-/m0/s1. The number of likely N-dealkylation sites (N-methyl/N-ethyl adjacent to an activating group) is 1. The van der Waals surface area contributed by atoms with Gasteiger partial charge < -0.3 is 19.9 Å². The lowest BCUT2D eigenvalue weighted by Crippen LogP contribution is -2.43. The van der Waals surface area contributed by atoms with Gasteiger partial charge in [-0.05, 0) is 37.4 Å². The molecule has 2 heterocycles. The topological polar surface area (TPSA) is 79.0 Å². The highest BCUT2D eigenvalue weighted by atomic mass is 32.1. The van der Waals surface area contributed by atoms with Crippen LogP contribution in [-0.4, -0.2) is 48.9 Å². The Bertz CT molecular complexity index is 884. The van der Waals surface area contributed by atoms with E-state index in [2.05, 4.69) is 5.32 Å². The van der Waals surface area contributed by atoms with Crippen LogP contribution >= 0.6 is 11.3 Å². The van der Waals surface area contributed by atoms with Crippen LogP contribution in [0.15, 0.2) is 41.8 Å². The van der Waals surface area contributed by atoms with Gasteiger partial charge in [0.05, 0.1) is 31.3 Å². The van der Waals surface area contributed by atoms with Crippen molar-refractivity contribution in [3.8, 4) is 5.75 Å². The van der Waals surface area contributed by atoms with E-state index in [-0.39, 0.29) is 37.2 Å². The minimum atomic E-state index is -0.475. The highest BCUT2D eigenvalue weighted by Gasteiger charge is 2.38. The van der Waals surface area contributed by atoms with Crippen molar-refractivity contribution in [2.24, 2.45) is 5.92 Å². The third-order valence-electron chi connectivity index (χ3n) is 5.00. The summed E-state index contributed by atoms with van der Waals surface area (Å²) in [6.07, 6.45) is 0.132. The summed E-state index contributed by atoms with van der Waals surface area (Å²) in [5.41, 5.74) is 0.677. The number of hydrogen-bond acceptors (Lipinski definition) is 5. The third kappa shape index (κ3) is 5.18. The minimum Gasteiger partial charge on any atom is -0.492 e. The maximum Gasteiger partial charge on any atom is 0.239 e. The Morgan fingerprint density at radius 3 is 2.73 bits per heavy atom. The maximum absolute atomic E-state index is 13.0. The molecule has 1 aromatic carbocycles. The Kier molecular flexibility index (Phi) is 7.46. The number of rotatable bonds is 9. The number of amides is 3. The highest BCUT2D eigenvalue weighted by molar-refractivity contribution is 7.09. The van der Waals surface area contributed by atoms with E-state index in [1.54, 1.807) is 16.2 Å². The lowest BCUT2D eigenvalue weighted by atomic mass is 10.1. The second-order valence-corrected chi connectivity index (χ2v) is 8.05. The number of benzene rings is 1. The number of hydrogen-bond donors (Lipinski definition) is 1. The Morgan fingerprint density at radius 1 is 1.23 bits per heavy atom. The van der Waals surface area contributed by atoms with Gasteiger partial charge in [-0.25, -0.2) is 0 Å². The summed E-state index contributed by atoms with van der Waals surface area (Å²) in [5, 5.41) is 4.80. The second-order valence-electron chi connectivity index (χ2n) is 7.01. The molecule has 1 atom stereocenters. The lowest BCUT2D eigenvalue weighted by molar-refractivity contribution is -0.139. The zero-order chi connectivity index (χ0) is 21.5. The molecule has 7 nitrogen and oxygen atoms in total. The number of carbonyl (C=O) groups excluding carboxylic acids is 3. The second kappa shape index (κ2) is 10.2. The molecule has 0 aliphatic carbocycles. The Labute approximate surface area is 180 Å².